The number of hydrogen-bond donors (Lipinski definition) is 1. The van der Waals surface area contributed by atoms with Crippen molar-refractivity contribution in [2.45, 2.75) is 6.10 Å². The molecule has 2 aromatic rings. The molecule has 0 fully saturated rings. The molecule has 4 nitrogen and oxygen atoms in total. The number of aromatic nitrogens is 2. The molecule has 1 atom stereocenters. The summed E-state index contributed by atoms with van der Waals surface area (Å²) in [6.45, 7) is 0. The standard InChI is InChI=1S/C12H14N2O2/c1-14-8-10(15)13-12(14)11(16-2)9-6-4-3-5-7-9/h3-8,11,15H,1-2H3. The van der Waals surface area contributed by atoms with Crippen LogP contribution in [0.2, 0.25) is 0 Å². The van der Waals surface area contributed by atoms with Gasteiger partial charge in [-0.3, -0.25) is 0 Å². The average Bonchev–Trinajstić information content (AvgIpc) is 2.61. The number of methoxy groups -OCH3 is 1. The predicted octanol–water partition coefficient (Wildman–Crippen LogP) is 1.86. The highest BCUT2D eigenvalue weighted by Gasteiger charge is 2.18. The second-order valence-corrected chi connectivity index (χ2v) is 3.59. The highest BCUT2D eigenvalue weighted by Crippen LogP contribution is 2.25. The van der Waals surface area contributed by atoms with E-state index in [4.69, 9.17) is 4.74 Å². The smallest absolute Gasteiger partial charge is 0.229 e. The average molecular weight is 218 g/mol. The minimum atomic E-state index is -0.257. The first-order valence-electron chi connectivity index (χ1n) is 5.02. The molecule has 1 unspecified atom stereocenters. The van der Waals surface area contributed by atoms with E-state index in [0.717, 1.165) is 5.56 Å². The lowest BCUT2D eigenvalue weighted by atomic mass is 10.1. The largest absolute Gasteiger partial charge is 0.492 e. The third kappa shape index (κ3) is 1.92. The summed E-state index contributed by atoms with van der Waals surface area (Å²) in [6, 6.07) is 9.79. The molecule has 1 aromatic carbocycles. The molecule has 0 radical (unpaired) electrons. The SMILES string of the molecule is COC(c1ccccc1)c1nc(O)cn1C. The fourth-order valence-electron chi connectivity index (χ4n) is 1.73. The van der Waals surface area contributed by atoms with E-state index in [1.807, 2.05) is 37.4 Å². The van der Waals surface area contributed by atoms with Crippen LogP contribution in [-0.4, -0.2) is 21.8 Å². The van der Waals surface area contributed by atoms with Crippen molar-refractivity contribution in [3.8, 4) is 5.88 Å². The Morgan fingerprint density at radius 1 is 1.31 bits per heavy atom. The topological polar surface area (TPSA) is 47.3 Å². The van der Waals surface area contributed by atoms with Crippen molar-refractivity contribution in [3.05, 3.63) is 47.9 Å². The molecule has 0 aliphatic heterocycles. The summed E-state index contributed by atoms with van der Waals surface area (Å²) in [7, 11) is 3.46. The first-order valence-corrected chi connectivity index (χ1v) is 5.02. The maximum Gasteiger partial charge on any atom is 0.229 e. The Morgan fingerprint density at radius 2 is 2.00 bits per heavy atom. The van der Waals surface area contributed by atoms with Crippen LogP contribution in [0.1, 0.15) is 17.5 Å². The molecule has 0 saturated carbocycles. The van der Waals surface area contributed by atoms with Gasteiger partial charge in [0.15, 0.2) is 0 Å². The van der Waals surface area contributed by atoms with Crippen molar-refractivity contribution >= 4 is 0 Å². The molecular formula is C12H14N2O2. The zero-order valence-electron chi connectivity index (χ0n) is 9.29. The minimum absolute atomic E-state index is 0.00970. The summed E-state index contributed by atoms with van der Waals surface area (Å²) in [5.41, 5.74) is 1.01. The molecule has 0 spiro atoms. The predicted molar refractivity (Wildman–Crippen MR) is 60.2 cm³/mol. The van der Waals surface area contributed by atoms with Crippen molar-refractivity contribution in [2.75, 3.05) is 7.11 Å². The monoisotopic (exact) mass is 218 g/mol. The van der Waals surface area contributed by atoms with E-state index in [9.17, 15) is 5.11 Å². The number of ether oxygens (including phenoxy) is 1. The maximum atomic E-state index is 9.34. The summed E-state index contributed by atoms with van der Waals surface area (Å²) >= 11 is 0. The van der Waals surface area contributed by atoms with E-state index >= 15 is 0 Å². The molecule has 0 aliphatic rings. The van der Waals surface area contributed by atoms with E-state index < -0.39 is 0 Å². The van der Waals surface area contributed by atoms with Crippen LogP contribution in [0, 0.1) is 0 Å². The van der Waals surface area contributed by atoms with E-state index in [-0.39, 0.29) is 12.0 Å². The minimum Gasteiger partial charge on any atom is -0.492 e. The molecule has 1 aromatic heterocycles. The Labute approximate surface area is 94.1 Å². The third-order valence-electron chi connectivity index (χ3n) is 2.47. The molecule has 1 N–H and O–H groups in total. The number of aryl methyl sites for hydroxylation is 1. The quantitative estimate of drug-likeness (QED) is 0.855. The fraction of sp³-hybridized carbons (Fsp3) is 0.250. The molecule has 16 heavy (non-hydrogen) atoms. The van der Waals surface area contributed by atoms with Gasteiger partial charge in [-0.1, -0.05) is 30.3 Å². The number of imidazole rings is 1. The number of nitrogens with zero attached hydrogens (tertiary/aromatic N) is 2. The van der Waals surface area contributed by atoms with Crippen molar-refractivity contribution in [1.82, 2.24) is 9.55 Å². The summed E-state index contributed by atoms with van der Waals surface area (Å²) in [4.78, 5) is 4.05. The first kappa shape index (κ1) is 10.7. The third-order valence-corrected chi connectivity index (χ3v) is 2.47. The van der Waals surface area contributed by atoms with Gasteiger partial charge in [-0.05, 0) is 5.56 Å². The normalized spacial score (nSPS) is 12.6. The lowest BCUT2D eigenvalue weighted by Gasteiger charge is -2.14. The number of hydrogen-bond acceptors (Lipinski definition) is 3. The van der Waals surface area contributed by atoms with Gasteiger partial charge in [0.2, 0.25) is 5.88 Å². The van der Waals surface area contributed by atoms with Gasteiger partial charge < -0.3 is 14.4 Å². The van der Waals surface area contributed by atoms with E-state index in [2.05, 4.69) is 4.98 Å². The second kappa shape index (κ2) is 4.37. The number of benzene rings is 1. The highest BCUT2D eigenvalue weighted by molar-refractivity contribution is 5.25. The van der Waals surface area contributed by atoms with Crippen molar-refractivity contribution in [1.29, 1.82) is 0 Å². The fourth-order valence-corrected chi connectivity index (χ4v) is 1.73. The molecule has 0 amide bonds. The Kier molecular flexibility index (Phi) is 2.92. The molecule has 4 heteroatoms. The summed E-state index contributed by atoms with van der Waals surface area (Å²) in [6.07, 6.45) is 1.30. The zero-order chi connectivity index (χ0) is 11.5. The van der Waals surface area contributed by atoms with Crippen LogP contribution in [0.4, 0.5) is 0 Å². The van der Waals surface area contributed by atoms with Gasteiger partial charge in [0, 0.05) is 14.2 Å². The molecule has 1 heterocycles. The van der Waals surface area contributed by atoms with Crippen molar-refractivity contribution < 1.29 is 9.84 Å². The van der Waals surface area contributed by atoms with Crippen LogP contribution in [0.15, 0.2) is 36.5 Å². The van der Waals surface area contributed by atoms with Gasteiger partial charge in [0.05, 0.1) is 6.20 Å². The van der Waals surface area contributed by atoms with Gasteiger partial charge in [-0.2, -0.15) is 4.98 Å². The van der Waals surface area contributed by atoms with Crippen LogP contribution < -0.4 is 0 Å². The van der Waals surface area contributed by atoms with Gasteiger partial charge >= 0.3 is 0 Å². The number of rotatable bonds is 3. The van der Waals surface area contributed by atoms with Crippen LogP contribution in [0.3, 0.4) is 0 Å². The van der Waals surface area contributed by atoms with E-state index in [0.29, 0.717) is 5.82 Å². The van der Waals surface area contributed by atoms with Gasteiger partial charge in [-0.25, -0.2) is 0 Å². The second-order valence-electron chi connectivity index (χ2n) is 3.59. The van der Waals surface area contributed by atoms with E-state index in [1.165, 1.54) is 0 Å². The highest BCUT2D eigenvalue weighted by atomic mass is 16.5. The molecule has 0 bridgehead atoms. The zero-order valence-corrected chi connectivity index (χ0v) is 9.29. The lowest BCUT2D eigenvalue weighted by molar-refractivity contribution is 0.126. The number of aromatic hydroxyl groups is 1. The Morgan fingerprint density at radius 3 is 2.50 bits per heavy atom. The van der Waals surface area contributed by atoms with Crippen LogP contribution in [0.5, 0.6) is 5.88 Å². The van der Waals surface area contributed by atoms with Crippen molar-refractivity contribution in [2.24, 2.45) is 7.05 Å². The molecule has 2 rings (SSSR count). The first-order chi connectivity index (χ1) is 7.72. The Hall–Kier alpha value is -1.81. The summed E-state index contributed by atoms with van der Waals surface area (Å²) in [5.74, 6) is 0.696. The van der Waals surface area contributed by atoms with Gasteiger partial charge in [-0.15, -0.1) is 0 Å². The van der Waals surface area contributed by atoms with Crippen LogP contribution in [-0.2, 0) is 11.8 Å². The molecular weight excluding hydrogens is 204 g/mol. The van der Waals surface area contributed by atoms with E-state index in [1.54, 1.807) is 17.9 Å². The van der Waals surface area contributed by atoms with Crippen LogP contribution in [0.25, 0.3) is 0 Å². The maximum absolute atomic E-state index is 9.34. The van der Waals surface area contributed by atoms with Gasteiger partial charge in [0.1, 0.15) is 11.9 Å². The van der Waals surface area contributed by atoms with Crippen molar-refractivity contribution in [3.63, 3.8) is 0 Å². The van der Waals surface area contributed by atoms with Gasteiger partial charge in [0.25, 0.3) is 0 Å². The Balaban J connectivity index is 2.40. The lowest BCUT2D eigenvalue weighted by Crippen LogP contribution is -2.09. The molecule has 0 aliphatic carbocycles. The van der Waals surface area contributed by atoms with Crippen LogP contribution >= 0.6 is 0 Å². The Bertz CT molecular complexity index is 465. The molecule has 84 valence electrons. The summed E-state index contributed by atoms with van der Waals surface area (Å²) < 4.78 is 7.18. The summed E-state index contributed by atoms with van der Waals surface area (Å²) in [5, 5.41) is 9.34. The molecule has 0 saturated heterocycles.